The number of hydrogen-bond donors (Lipinski definition) is 0. The normalized spacial score (nSPS) is 28.2. The van der Waals surface area contributed by atoms with E-state index in [4.69, 9.17) is 14.2 Å². The summed E-state index contributed by atoms with van der Waals surface area (Å²) in [6.07, 6.45) is 19.7. The van der Waals surface area contributed by atoms with Crippen molar-refractivity contribution in [2.24, 2.45) is 28.6 Å². The second-order valence-electron chi connectivity index (χ2n) is 17.2. The number of benzene rings is 1. The lowest BCUT2D eigenvalue weighted by Crippen LogP contribution is -2.59. The highest BCUT2D eigenvalue weighted by Crippen LogP contribution is 2.67. The number of amides is 1. The molecule has 49 heavy (non-hydrogen) atoms. The Balaban J connectivity index is 1.13. The van der Waals surface area contributed by atoms with Crippen molar-refractivity contribution >= 4 is 11.7 Å². The number of rotatable bonds is 18. The molecule has 0 unspecified atom stereocenters. The summed E-state index contributed by atoms with van der Waals surface area (Å²) in [6.45, 7) is 14.6. The van der Waals surface area contributed by atoms with Gasteiger partial charge in [0.05, 0.1) is 20.3 Å². The highest BCUT2D eigenvalue weighted by Gasteiger charge is 2.67. The number of carbonyl (C=O) groups is 2. The van der Waals surface area contributed by atoms with Crippen LogP contribution in [0.2, 0.25) is 0 Å². The monoisotopic (exact) mass is 680 g/mol. The van der Waals surface area contributed by atoms with Crippen LogP contribution in [0.25, 0.3) is 0 Å². The van der Waals surface area contributed by atoms with Gasteiger partial charge in [0, 0.05) is 48.2 Å². The fourth-order valence-electron chi connectivity index (χ4n) is 10.1. The fourth-order valence-corrected chi connectivity index (χ4v) is 10.1. The van der Waals surface area contributed by atoms with Crippen molar-refractivity contribution in [3.8, 4) is 5.75 Å². The number of nitrogens with zero attached hydrogens (tertiary/aromatic N) is 1. The second-order valence-corrected chi connectivity index (χ2v) is 17.2. The van der Waals surface area contributed by atoms with E-state index in [1.165, 1.54) is 37.7 Å². The first-order chi connectivity index (χ1) is 23.6. The molecule has 276 valence electrons. The number of hydrogen-bond acceptors (Lipinski definition) is 5. The minimum absolute atomic E-state index is 0.0427. The topological polar surface area (TPSA) is 65.1 Å². The van der Waals surface area contributed by atoms with Crippen molar-refractivity contribution in [3.05, 3.63) is 29.3 Å². The summed E-state index contributed by atoms with van der Waals surface area (Å²) in [4.78, 5) is 29.3. The molecule has 1 aromatic rings. The van der Waals surface area contributed by atoms with E-state index >= 15 is 0 Å². The van der Waals surface area contributed by atoms with Gasteiger partial charge in [-0.25, -0.2) is 0 Å². The number of fused-ring (bicyclic) bond motifs is 6. The Bertz CT molecular complexity index is 1220. The zero-order chi connectivity index (χ0) is 35.1. The maximum atomic E-state index is 14.4. The van der Waals surface area contributed by atoms with Crippen LogP contribution in [0.4, 0.5) is 0 Å². The molecule has 0 radical (unpaired) electrons. The predicted molar refractivity (Wildman–Crippen MR) is 198 cm³/mol. The third-order valence-electron chi connectivity index (χ3n) is 13.1. The van der Waals surface area contributed by atoms with Gasteiger partial charge >= 0.3 is 0 Å². The van der Waals surface area contributed by atoms with E-state index in [1.807, 2.05) is 6.07 Å². The molecule has 5 rings (SSSR count). The Labute approximate surface area is 298 Å². The number of ketones is 1. The van der Waals surface area contributed by atoms with E-state index in [0.717, 1.165) is 115 Å². The van der Waals surface area contributed by atoms with Gasteiger partial charge in [0.1, 0.15) is 5.75 Å². The summed E-state index contributed by atoms with van der Waals surface area (Å²) in [7, 11) is 1.70. The van der Waals surface area contributed by atoms with Gasteiger partial charge in [0.15, 0.2) is 11.6 Å². The lowest BCUT2D eigenvalue weighted by atomic mass is 9.51. The molecule has 4 aliphatic rings. The number of methoxy groups -OCH3 is 1. The number of Topliss-reactive ketones (excluding diaryl/α,β-unsaturated/α-hetero) is 1. The average molecular weight is 680 g/mol. The minimum atomic E-state index is -0.511. The summed E-state index contributed by atoms with van der Waals surface area (Å²) in [5.74, 6) is 2.20. The molecule has 3 fully saturated rings. The van der Waals surface area contributed by atoms with E-state index in [0.29, 0.717) is 35.9 Å². The molecule has 3 aliphatic carbocycles. The van der Waals surface area contributed by atoms with Gasteiger partial charge in [-0.1, -0.05) is 98.5 Å². The van der Waals surface area contributed by atoms with Crippen LogP contribution >= 0.6 is 0 Å². The van der Waals surface area contributed by atoms with Crippen LogP contribution in [-0.2, 0) is 14.3 Å². The highest BCUT2D eigenvalue weighted by atomic mass is 16.7. The molecule has 0 bridgehead atoms. The summed E-state index contributed by atoms with van der Waals surface area (Å²) < 4.78 is 19.0. The SMILES string of the molecule is CCCCN(CCCC)C(=O)CCCCCCCCCC[C@@H]1C(=O)c2cc(OC)ccc2[C@H]2CC[C@@]3(C)[C@@H](CCC34OCC(C)(C)CO4)[C@H]12. The van der Waals surface area contributed by atoms with Gasteiger partial charge in [-0.05, 0) is 80.4 Å². The van der Waals surface area contributed by atoms with Gasteiger partial charge in [-0.3, -0.25) is 9.59 Å². The van der Waals surface area contributed by atoms with Gasteiger partial charge in [0.2, 0.25) is 5.91 Å². The Morgan fingerprint density at radius 2 is 1.49 bits per heavy atom. The molecule has 1 spiro atoms. The van der Waals surface area contributed by atoms with Crippen molar-refractivity contribution in [2.75, 3.05) is 33.4 Å². The van der Waals surface area contributed by atoms with Crippen LogP contribution in [0.1, 0.15) is 172 Å². The molecule has 1 aliphatic heterocycles. The van der Waals surface area contributed by atoms with E-state index in [2.05, 4.69) is 51.7 Å². The molecule has 2 saturated carbocycles. The maximum Gasteiger partial charge on any atom is 0.222 e. The molecule has 1 saturated heterocycles. The van der Waals surface area contributed by atoms with Crippen molar-refractivity contribution in [1.82, 2.24) is 4.90 Å². The molecule has 1 amide bonds. The van der Waals surface area contributed by atoms with Crippen LogP contribution < -0.4 is 4.74 Å². The van der Waals surface area contributed by atoms with Gasteiger partial charge in [-0.15, -0.1) is 0 Å². The Morgan fingerprint density at radius 3 is 2.12 bits per heavy atom. The van der Waals surface area contributed by atoms with E-state index in [1.54, 1.807) is 7.11 Å². The first-order valence-corrected chi connectivity index (χ1v) is 20.4. The van der Waals surface area contributed by atoms with E-state index < -0.39 is 5.79 Å². The van der Waals surface area contributed by atoms with Gasteiger partial charge in [-0.2, -0.15) is 0 Å². The zero-order valence-corrected chi connectivity index (χ0v) is 32.1. The maximum absolute atomic E-state index is 14.4. The third-order valence-corrected chi connectivity index (χ3v) is 13.1. The standard InChI is InChI=1S/C43H69NO5/c1-7-9-27-44(28-10-8-2)38(45)20-18-16-14-12-11-13-15-17-19-35-39-34(33-22-21-32(47-6)29-36(33)40(35)46)23-25-42(5)37(39)24-26-43(42)48-30-41(3,4)31-49-43/h21-22,29,34-35,37,39H,7-20,23-28,30-31H2,1-6H3/t34-,35+,37+,39+,42+/m1/s1. The molecule has 5 atom stereocenters. The summed E-state index contributed by atoms with van der Waals surface area (Å²) >= 11 is 0. The molecular formula is C43H69NO5. The lowest BCUT2D eigenvalue weighted by molar-refractivity contribution is -0.345. The van der Waals surface area contributed by atoms with Crippen LogP contribution in [0.3, 0.4) is 0 Å². The molecule has 1 heterocycles. The average Bonchev–Trinajstić information content (AvgIpc) is 3.39. The lowest BCUT2D eigenvalue weighted by Gasteiger charge is -2.57. The number of carbonyl (C=O) groups excluding carboxylic acids is 2. The third kappa shape index (κ3) is 8.43. The van der Waals surface area contributed by atoms with Crippen molar-refractivity contribution in [2.45, 2.75) is 162 Å². The van der Waals surface area contributed by atoms with Crippen molar-refractivity contribution in [3.63, 3.8) is 0 Å². The molecule has 6 nitrogen and oxygen atoms in total. The quantitative estimate of drug-likeness (QED) is 0.145. The van der Waals surface area contributed by atoms with E-state index in [9.17, 15) is 9.59 Å². The van der Waals surface area contributed by atoms with Crippen LogP contribution in [0.5, 0.6) is 5.75 Å². The summed E-state index contributed by atoms with van der Waals surface area (Å²) in [5.41, 5.74) is 2.13. The molecule has 1 aromatic carbocycles. The summed E-state index contributed by atoms with van der Waals surface area (Å²) in [6, 6.07) is 6.26. The fraction of sp³-hybridized carbons (Fsp3) is 0.814. The molecular weight excluding hydrogens is 610 g/mol. The largest absolute Gasteiger partial charge is 0.497 e. The summed E-state index contributed by atoms with van der Waals surface area (Å²) in [5, 5.41) is 0. The Morgan fingerprint density at radius 1 is 0.857 bits per heavy atom. The number of unbranched alkanes of at least 4 members (excludes halogenated alkanes) is 9. The molecule has 6 heteroatoms. The van der Waals surface area contributed by atoms with Crippen molar-refractivity contribution < 1.29 is 23.8 Å². The van der Waals surface area contributed by atoms with Crippen LogP contribution in [-0.4, -0.2) is 55.8 Å². The highest BCUT2D eigenvalue weighted by molar-refractivity contribution is 6.01. The smallest absolute Gasteiger partial charge is 0.222 e. The molecule has 0 aromatic heterocycles. The minimum Gasteiger partial charge on any atom is -0.497 e. The Kier molecular flexibility index (Phi) is 13.3. The molecule has 0 N–H and O–H groups in total. The van der Waals surface area contributed by atoms with Crippen LogP contribution in [0, 0.1) is 28.6 Å². The van der Waals surface area contributed by atoms with Gasteiger partial charge in [0.25, 0.3) is 0 Å². The van der Waals surface area contributed by atoms with Crippen LogP contribution in [0.15, 0.2) is 18.2 Å². The predicted octanol–water partition coefficient (Wildman–Crippen LogP) is 10.5. The second kappa shape index (κ2) is 17.1. The van der Waals surface area contributed by atoms with E-state index in [-0.39, 0.29) is 16.7 Å². The first-order valence-electron chi connectivity index (χ1n) is 20.4. The first kappa shape index (κ1) is 38.3. The zero-order valence-electron chi connectivity index (χ0n) is 32.1. The Hall–Kier alpha value is -1.92. The van der Waals surface area contributed by atoms with Crippen molar-refractivity contribution in [1.29, 1.82) is 0 Å². The number of ether oxygens (including phenoxy) is 3. The van der Waals surface area contributed by atoms with Gasteiger partial charge < -0.3 is 19.1 Å².